The van der Waals surface area contributed by atoms with Crippen molar-refractivity contribution in [3.63, 3.8) is 0 Å². The Morgan fingerprint density at radius 1 is 1.17 bits per heavy atom. The van der Waals surface area contributed by atoms with Gasteiger partial charge in [-0.05, 0) is 24.1 Å². The van der Waals surface area contributed by atoms with Crippen molar-refractivity contribution in [2.75, 3.05) is 11.9 Å². The van der Waals surface area contributed by atoms with Crippen molar-refractivity contribution in [1.82, 2.24) is 9.97 Å². The van der Waals surface area contributed by atoms with Crippen molar-refractivity contribution < 1.29 is 0 Å². The molecule has 0 amide bonds. The Hall–Kier alpha value is -1.94. The van der Waals surface area contributed by atoms with Gasteiger partial charge in [0.1, 0.15) is 11.6 Å². The van der Waals surface area contributed by atoms with Gasteiger partial charge in [-0.1, -0.05) is 24.3 Å². The van der Waals surface area contributed by atoms with Crippen LogP contribution in [-0.2, 0) is 13.1 Å². The van der Waals surface area contributed by atoms with Crippen LogP contribution in [0.25, 0.3) is 0 Å². The topological polar surface area (TPSA) is 55.0 Å². The third-order valence-corrected chi connectivity index (χ3v) is 2.90. The molecule has 2 N–H and O–H groups in total. The summed E-state index contributed by atoms with van der Waals surface area (Å²) in [6.45, 7) is 3.25. The van der Waals surface area contributed by atoms with Crippen LogP contribution >= 0.6 is 0 Å². The summed E-state index contributed by atoms with van der Waals surface area (Å²) in [5.74, 6) is 1.71. The van der Waals surface area contributed by atoms with Gasteiger partial charge in [0.25, 0.3) is 0 Å². The molecule has 0 bridgehead atoms. The Morgan fingerprint density at radius 3 is 2.56 bits per heavy atom. The standard InChI is InChI=1S/C14H18N4/c1-11-16-8-7-14(17-11)18(2)10-13-6-4-3-5-12(13)9-15/h3-8H,9-10,15H2,1-2H3. The smallest absolute Gasteiger partial charge is 0.132 e. The number of anilines is 1. The monoisotopic (exact) mass is 242 g/mol. The van der Waals surface area contributed by atoms with Gasteiger partial charge < -0.3 is 10.6 Å². The summed E-state index contributed by atoms with van der Waals surface area (Å²) in [6.07, 6.45) is 1.78. The third kappa shape index (κ3) is 2.84. The predicted molar refractivity (Wildman–Crippen MR) is 73.2 cm³/mol. The highest BCUT2D eigenvalue weighted by molar-refractivity contribution is 5.39. The summed E-state index contributed by atoms with van der Waals surface area (Å²) in [6, 6.07) is 10.1. The molecular formula is C14H18N4. The number of hydrogen-bond donors (Lipinski definition) is 1. The lowest BCUT2D eigenvalue weighted by atomic mass is 10.1. The van der Waals surface area contributed by atoms with E-state index in [1.54, 1.807) is 6.20 Å². The maximum absolute atomic E-state index is 5.75. The third-order valence-electron chi connectivity index (χ3n) is 2.90. The Kier molecular flexibility index (Phi) is 3.89. The molecule has 0 spiro atoms. The molecule has 0 aliphatic heterocycles. The molecule has 18 heavy (non-hydrogen) atoms. The van der Waals surface area contributed by atoms with Crippen molar-refractivity contribution in [1.29, 1.82) is 0 Å². The van der Waals surface area contributed by atoms with Crippen LogP contribution in [0.2, 0.25) is 0 Å². The second-order valence-corrected chi connectivity index (χ2v) is 4.29. The number of nitrogens with two attached hydrogens (primary N) is 1. The molecule has 0 aliphatic carbocycles. The molecule has 4 heteroatoms. The highest BCUT2D eigenvalue weighted by Crippen LogP contribution is 2.15. The molecule has 0 radical (unpaired) electrons. The maximum atomic E-state index is 5.75. The largest absolute Gasteiger partial charge is 0.355 e. The van der Waals surface area contributed by atoms with Gasteiger partial charge in [-0.2, -0.15) is 0 Å². The van der Waals surface area contributed by atoms with E-state index in [1.807, 2.05) is 32.2 Å². The van der Waals surface area contributed by atoms with Crippen LogP contribution in [0.1, 0.15) is 17.0 Å². The zero-order valence-electron chi connectivity index (χ0n) is 10.8. The van der Waals surface area contributed by atoms with Crippen molar-refractivity contribution in [2.24, 2.45) is 5.73 Å². The summed E-state index contributed by atoms with van der Waals surface area (Å²) >= 11 is 0. The highest BCUT2D eigenvalue weighted by atomic mass is 15.2. The van der Waals surface area contributed by atoms with E-state index in [4.69, 9.17) is 5.73 Å². The minimum absolute atomic E-state index is 0.562. The Morgan fingerprint density at radius 2 is 1.89 bits per heavy atom. The van der Waals surface area contributed by atoms with Gasteiger partial charge in [0.2, 0.25) is 0 Å². The van der Waals surface area contributed by atoms with Crippen LogP contribution in [0.3, 0.4) is 0 Å². The summed E-state index contributed by atoms with van der Waals surface area (Å²) in [5.41, 5.74) is 8.16. The van der Waals surface area contributed by atoms with Crippen molar-refractivity contribution in [2.45, 2.75) is 20.0 Å². The second-order valence-electron chi connectivity index (χ2n) is 4.29. The molecule has 0 saturated heterocycles. The lowest BCUT2D eigenvalue weighted by Crippen LogP contribution is -2.19. The van der Waals surface area contributed by atoms with E-state index in [0.29, 0.717) is 6.54 Å². The number of benzene rings is 1. The lowest BCUT2D eigenvalue weighted by Gasteiger charge is -2.19. The SMILES string of the molecule is Cc1nccc(N(C)Cc2ccccc2CN)n1. The zero-order valence-corrected chi connectivity index (χ0v) is 10.8. The molecule has 94 valence electrons. The van der Waals surface area contributed by atoms with Crippen molar-refractivity contribution >= 4 is 5.82 Å². The van der Waals surface area contributed by atoms with E-state index in [1.165, 1.54) is 11.1 Å². The zero-order chi connectivity index (χ0) is 13.0. The number of hydrogen-bond acceptors (Lipinski definition) is 4. The first-order valence-corrected chi connectivity index (χ1v) is 5.98. The first-order chi connectivity index (χ1) is 8.70. The fourth-order valence-electron chi connectivity index (χ4n) is 1.90. The Balaban J connectivity index is 2.18. The highest BCUT2D eigenvalue weighted by Gasteiger charge is 2.06. The molecule has 0 atom stereocenters. The Labute approximate surface area is 107 Å². The molecular weight excluding hydrogens is 224 g/mol. The van der Waals surface area contributed by atoms with Crippen LogP contribution in [0.4, 0.5) is 5.82 Å². The van der Waals surface area contributed by atoms with Gasteiger partial charge in [0, 0.05) is 26.3 Å². The number of rotatable bonds is 4. The minimum Gasteiger partial charge on any atom is -0.355 e. The van der Waals surface area contributed by atoms with Crippen LogP contribution < -0.4 is 10.6 Å². The molecule has 0 aliphatic rings. The molecule has 2 rings (SSSR count). The van der Waals surface area contributed by atoms with E-state index in [9.17, 15) is 0 Å². The molecule has 1 heterocycles. The van der Waals surface area contributed by atoms with Gasteiger partial charge in [-0.15, -0.1) is 0 Å². The van der Waals surface area contributed by atoms with Crippen LogP contribution in [-0.4, -0.2) is 17.0 Å². The summed E-state index contributed by atoms with van der Waals surface area (Å²) in [7, 11) is 2.02. The van der Waals surface area contributed by atoms with Gasteiger partial charge >= 0.3 is 0 Å². The maximum Gasteiger partial charge on any atom is 0.132 e. The quantitative estimate of drug-likeness (QED) is 0.889. The Bertz CT molecular complexity index is 525. The second kappa shape index (κ2) is 5.60. The number of aromatic nitrogens is 2. The van der Waals surface area contributed by atoms with E-state index >= 15 is 0 Å². The molecule has 2 aromatic rings. The molecule has 0 fully saturated rings. The van der Waals surface area contributed by atoms with Crippen LogP contribution in [0.5, 0.6) is 0 Å². The number of aryl methyl sites for hydroxylation is 1. The first kappa shape index (κ1) is 12.5. The summed E-state index contributed by atoms with van der Waals surface area (Å²) < 4.78 is 0. The van der Waals surface area contributed by atoms with Crippen molar-refractivity contribution in [3.8, 4) is 0 Å². The first-order valence-electron chi connectivity index (χ1n) is 5.98. The average Bonchev–Trinajstić information content (AvgIpc) is 2.39. The van der Waals surface area contributed by atoms with E-state index in [2.05, 4.69) is 27.0 Å². The van der Waals surface area contributed by atoms with Crippen LogP contribution in [0.15, 0.2) is 36.5 Å². The van der Waals surface area contributed by atoms with Gasteiger partial charge in [0.05, 0.1) is 0 Å². The van der Waals surface area contributed by atoms with E-state index < -0.39 is 0 Å². The predicted octanol–water partition coefficient (Wildman–Crippen LogP) is 1.88. The molecule has 4 nitrogen and oxygen atoms in total. The van der Waals surface area contributed by atoms with Crippen molar-refractivity contribution in [3.05, 3.63) is 53.5 Å². The summed E-state index contributed by atoms with van der Waals surface area (Å²) in [5, 5.41) is 0. The molecule has 1 aromatic heterocycles. The van der Waals surface area contributed by atoms with Gasteiger partial charge in [-0.25, -0.2) is 9.97 Å². The molecule has 0 unspecified atom stereocenters. The van der Waals surface area contributed by atoms with Gasteiger partial charge in [0.15, 0.2) is 0 Å². The fourth-order valence-corrected chi connectivity index (χ4v) is 1.90. The minimum atomic E-state index is 0.562. The lowest BCUT2D eigenvalue weighted by molar-refractivity contribution is 0.862. The van der Waals surface area contributed by atoms with Gasteiger partial charge in [-0.3, -0.25) is 0 Å². The number of nitrogens with zero attached hydrogens (tertiary/aromatic N) is 3. The summed E-state index contributed by atoms with van der Waals surface area (Å²) in [4.78, 5) is 10.6. The van der Waals surface area contributed by atoms with Crippen LogP contribution in [0, 0.1) is 6.92 Å². The fraction of sp³-hybridized carbons (Fsp3) is 0.286. The van der Waals surface area contributed by atoms with E-state index in [-0.39, 0.29) is 0 Å². The molecule has 0 saturated carbocycles. The van der Waals surface area contributed by atoms with E-state index in [0.717, 1.165) is 18.2 Å². The normalized spacial score (nSPS) is 10.4. The average molecular weight is 242 g/mol. The molecule has 1 aromatic carbocycles.